The number of amides is 1. The number of hydrogen-bond donors (Lipinski definition) is 1. The summed E-state index contributed by atoms with van der Waals surface area (Å²) in [6.07, 6.45) is -2.91. The molecule has 7 nitrogen and oxygen atoms in total. The second kappa shape index (κ2) is 7.86. The molecule has 0 bridgehead atoms. The maximum atomic E-state index is 14.7. The van der Waals surface area contributed by atoms with Gasteiger partial charge in [0.25, 0.3) is 5.56 Å². The van der Waals surface area contributed by atoms with E-state index in [1.807, 2.05) is 0 Å². The number of nitrogens with zero attached hydrogens (tertiary/aromatic N) is 3. The number of halogens is 4. The van der Waals surface area contributed by atoms with Crippen LogP contribution in [-0.4, -0.2) is 40.2 Å². The second-order valence-corrected chi connectivity index (χ2v) is 7.68. The van der Waals surface area contributed by atoms with Gasteiger partial charge in [-0.3, -0.25) is 9.59 Å². The molecule has 2 aliphatic heterocycles. The van der Waals surface area contributed by atoms with Gasteiger partial charge in [-0.1, -0.05) is 0 Å². The van der Waals surface area contributed by atoms with Crippen LogP contribution in [-0.2, 0) is 24.1 Å². The van der Waals surface area contributed by atoms with Gasteiger partial charge in [-0.05, 0) is 11.6 Å². The average molecular weight is 440 g/mol. The van der Waals surface area contributed by atoms with Crippen molar-refractivity contribution in [2.24, 2.45) is 0 Å². The third kappa shape index (κ3) is 4.21. The highest BCUT2D eigenvalue weighted by Crippen LogP contribution is 2.38. The molecule has 1 saturated heterocycles. The summed E-state index contributed by atoms with van der Waals surface area (Å²) in [6.45, 7) is 2.48. The summed E-state index contributed by atoms with van der Waals surface area (Å²) < 4.78 is 60.7. The summed E-state index contributed by atoms with van der Waals surface area (Å²) in [7, 11) is 0. The lowest BCUT2D eigenvalue weighted by Crippen LogP contribution is -2.40. The van der Waals surface area contributed by atoms with Crippen molar-refractivity contribution in [1.29, 1.82) is 0 Å². The van der Waals surface area contributed by atoms with E-state index in [4.69, 9.17) is 4.74 Å². The predicted molar refractivity (Wildman–Crippen MR) is 102 cm³/mol. The fraction of sp³-hybridized carbons (Fsp3) is 0.450. The molecule has 0 spiro atoms. The summed E-state index contributed by atoms with van der Waals surface area (Å²) in [5.41, 5.74) is -2.35. The van der Waals surface area contributed by atoms with Gasteiger partial charge in [0.2, 0.25) is 5.91 Å². The number of nitrogens with one attached hydrogen (secondary N) is 1. The van der Waals surface area contributed by atoms with E-state index in [0.717, 1.165) is 6.20 Å². The molecule has 3 heterocycles. The maximum absolute atomic E-state index is 14.7. The lowest BCUT2D eigenvalue weighted by Gasteiger charge is -2.31. The smallest absolute Gasteiger partial charge is 0.423 e. The van der Waals surface area contributed by atoms with Gasteiger partial charge in [0.15, 0.2) is 0 Å². The highest BCUT2D eigenvalue weighted by molar-refractivity contribution is 5.73. The Hall–Kier alpha value is -3.11. The van der Waals surface area contributed by atoms with E-state index in [0.29, 0.717) is 37.2 Å². The number of carbonyl (C=O) groups excluding carboxylic acids is 1. The average Bonchev–Trinajstić information content (AvgIpc) is 3.12. The Morgan fingerprint density at radius 3 is 2.58 bits per heavy atom. The van der Waals surface area contributed by atoms with Crippen LogP contribution in [0.25, 0.3) is 0 Å². The van der Waals surface area contributed by atoms with Crippen LogP contribution in [0.15, 0.2) is 23.1 Å². The monoisotopic (exact) mass is 440 g/mol. The number of anilines is 1. The van der Waals surface area contributed by atoms with Crippen LogP contribution in [0.2, 0.25) is 0 Å². The quantitative estimate of drug-likeness (QED) is 0.743. The molecule has 11 heteroatoms. The first-order valence-corrected chi connectivity index (χ1v) is 9.76. The fourth-order valence-corrected chi connectivity index (χ4v) is 4.06. The van der Waals surface area contributed by atoms with Crippen LogP contribution in [0.3, 0.4) is 0 Å². The van der Waals surface area contributed by atoms with Crippen molar-refractivity contribution in [1.82, 2.24) is 15.1 Å². The summed E-state index contributed by atoms with van der Waals surface area (Å²) in [4.78, 5) is 26.2. The van der Waals surface area contributed by atoms with E-state index < -0.39 is 28.8 Å². The molecular formula is C20H20F4N4O3. The number of hydrogen-bond acceptors (Lipinski definition) is 5. The minimum Gasteiger partial charge on any atom is -0.490 e. The fourth-order valence-electron chi connectivity index (χ4n) is 4.06. The van der Waals surface area contributed by atoms with Gasteiger partial charge in [-0.15, -0.1) is 0 Å². The minimum absolute atomic E-state index is 0.00502. The highest BCUT2D eigenvalue weighted by Gasteiger charge is 2.40. The van der Waals surface area contributed by atoms with Gasteiger partial charge in [-0.2, -0.15) is 18.3 Å². The zero-order valence-corrected chi connectivity index (χ0v) is 16.6. The van der Waals surface area contributed by atoms with Gasteiger partial charge in [0.1, 0.15) is 23.2 Å². The molecule has 1 aromatic heterocycles. The molecule has 0 unspecified atom stereocenters. The first-order valence-electron chi connectivity index (χ1n) is 9.76. The van der Waals surface area contributed by atoms with Crippen molar-refractivity contribution >= 4 is 11.6 Å². The highest BCUT2D eigenvalue weighted by atomic mass is 19.4. The Morgan fingerprint density at radius 1 is 1.23 bits per heavy atom. The van der Waals surface area contributed by atoms with E-state index in [1.165, 1.54) is 17.9 Å². The van der Waals surface area contributed by atoms with Crippen LogP contribution in [0, 0.1) is 5.82 Å². The van der Waals surface area contributed by atoms with Crippen molar-refractivity contribution in [2.45, 2.75) is 45.1 Å². The number of ether oxygens (including phenoxy) is 1. The minimum atomic E-state index is -4.87. The molecular weight excluding hydrogens is 420 g/mol. The third-order valence-corrected chi connectivity index (χ3v) is 5.62. The Morgan fingerprint density at radius 2 is 1.94 bits per heavy atom. The van der Waals surface area contributed by atoms with E-state index in [1.54, 1.807) is 16.1 Å². The number of rotatable bonds is 3. The summed E-state index contributed by atoms with van der Waals surface area (Å²) in [6, 6.07) is 2.84. The second-order valence-electron chi connectivity index (χ2n) is 7.68. The first kappa shape index (κ1) is 21.1. The Bertz CT molecular complexity index is 1060. The van der Waals surface area contributed by atoms with E-state index in [-0.39, 0.29) is 30.7 Å². The molecule has 31 heavy (non-hydrogen) atoms. The summed E-state index contributed by atoms with van der Waals surface area (Å²) >= 11 is 0. The lowest BCUT2D eigenvalue weighted by molar-refractivity contribution is -0.138. The number of fused-ring (bicyclic) bond motifs is 1. The summed E-state index contributed by atoms with van der Waals surface area (Å²) in [5.74, 6) is -0.295. The van der Waals surface area contributed by atoms with Crippen molar-refractivity contribution < 1.29 is 27.1 Å². The predicted octanol–water partition coefficient (Wildman–Crippen LogP) is 2.84. The van der Waals surface area contributed by atoms with Crippen molar-refractivity contribution in [3.63, 3.8) is 0 Å². The van der Waals surface area contributed by atoms with Gasteiger partial charge in [0.05, 0.1) is 11.9 Å². The Kier molecular flexibility index (Phi) is 5.36. The van der Waals surface area contributed by atoms with E-state index in [9.17, 15) is 27.2 Å². The molecule has 0 saturated carbocycles. The Labute approximate surface area is 174 Å². The number of benzene rings is 1. The van der Waals surface area contributed by atoms with Crippen molar-refractivity contribution in [3.05, 3.63) is 51.2 Å². The molecule has 4 rings (SSSR count). The molecule has 0 aliphatic carbocycles. The number of aromatic nitrogens is 2. The molecule has 2 aromatic rings. The molecule has 0 radical (unpaired) electrons. The molecule has 1 N–H and O–H groups in total. The van der Waals surface area contributed by atoms with Gasteiger partial charge in [-0.25, -0.2) is 9.49 Å². The Balaban J connectivity index is 1.53. The van der Waals surface area contributed by atoms with Crippen LogP contribution in [0.5, 0.6) is 5.75 Å². The van der Waals surface area contributed by atoms with Crippen LogP contribution in [0.4, 0.5) is 23.2 Å². The number of piperidine rings is 1. The molecule has 1 fully saturated rings. The number of likely N-dealkylation sites (tertiary alicyclic amines) is 1. The molecule has 2 aliphatic rings. The maximum Gasteiger partial charge on any atom is 0.423 e. The normalized spacial score (nSPS) is 17.1. The number of carbonyl (C=O) groups is 1. The molecule has 166 valence electrons. The van der Waals surface area contributed by atoms with Gasteiger partial charge in [0, 0.05) is 57.6 Å². The summed E-state index contributed by atoms with van der Waals surface area (Å²) in [5, 5.41) is 5.27. The SMILES string of the molecule is CC(=O)N1CCC(Oc2cc(F)c3c(c2)CN(c2cn[nH]c(=O)c2C(F)(F)F)C3)CC1. The topological polar surface area (TPSA) is 78.5 Å². The number of alkyl halides is 3. The molecule has 0 atom stereocenters. The molecule has 1 aromatic carbocycles. The zero-order valence-electron chi connectivity index (χ0n) is 16.6. The van der Waals surface area contributed by atoms with E-state index in [2.05, 4.69) is 5.10 Å². The van der Waals surface area contributed by atoms with Gasteiger partial charge >= 0.3 is 6.18 Å². The number of H-pyrrole nitrogens is 1. The van der Waals surface area contributed by atoms with Crippen LogP contribution in [0.1, 0.15) is 36.5 Å². The van der Waals surface area contributed by atoms with Crippen molar-refractivity contribution in [3.8, 4) is 5.75 Å². The standard InChI is InChI=1S/C20H20F4N4O3/c1-11(29)27-4-2-13(3-5-27)31-14-6-12-9-28(10-15(12)16(21)7-14)17-8-25-26-19(30)18(17)20(22,23)24/h6-8,13H,2-5,9-10H2,1H3,(H,26,30). The largest absolute Gasteiger partial charge is 0.490 e. The van der Waals surface area contributed by atoms with E-state index >= 15 is 0 Å². The molecule has 1 amide bonds. The first-order chi connectivity index (χ1) is 14.6. The third-order valence-electron chi connectivity index (χ3n) is 5.62. The van der Waals surface area contributed by atoms with Crippen molar-refractivity contribution in [2.75, 3.05) is 18.0 Å². The van der Waals surface area contributed by atoms with Crippen LogP contribution >= 0.6 is 0 Å². The lowest BCUT2D eigenvalue weighted by atomic mass is 10.1. The van der Waals surface area contributed by atoms with Crippen LogP contribution < -0.4 is 15.2 Å². The van der Waals surface area contributed by atoms with Gasteiger partial charge < -0.3 is 14.5 Å². The number of aromatic amines is 1. The zero-order chi connectivity index (χ0) is 22.3.